The van der Waals surface area contributed by atoms with Crippen LogP contribution in [-0.2, 0) is 6.54 Å². The summed E-state index contributed by atoms with van der Waals surface area (Å²) in [7, 11) is 3.93. The van der Waals surface area contributed by atoms with Crippen LogP contribution in [0.1, 0.15) is 40.2 Å². The minimum atomic E-state index is 0.151. The first-order valence-corrected chi connectivity index (χ1v) is 7.81. The number of likely N-dealkylation sites (N-methyl/N-ethyl adjacent to an activating group) is 1. The maximum Gasteiger partial charge on any atom is 0.123 e. The lowest BCUT2D eigenvalue weighted by Gasteiger charge is -2.34. The molecule has 3 heteroatoms. The second kappa shape index (κ2) is 7.81. The molecule has 0 amide bonds. The lowest BCUT2D eigenvalue weighted by atomic mass is 10.00. The Morgan fingerprint density at radius 3 is 2.33 bits per heavy atom. The fourth-order valence-electron chi connectivity index (χ4n) is 2.53. The second-order valence-electron chi connectivity index (χ2n) is 7.17. The van der Waals surface area contributed by atoms with Gasteiger partial charge >= 0.3 is 0 Å². The van der Waals surface area contributed by atoms with E-state index in [1.165, 1.54) is 5.56 Å². The van der Waals surface area contributed by atoms with Crippen LogP contribution in [0.25, 0.3) is 0 Å². The van der Waals surface area contributed by atoms with Gasteiger partial charge in [-0.25, -0.2) is 0 Å². The van der Waals surface area contributed by atoms with Crippen molar-refractivity contribution in [2.45, 2.75) is 52.7 Å². The van der Waals surface area contributed by atoms with Gasteiger partial charge in [-0.1, -0.05) is 32.0 Å². The molecule has 0 heterocycles. The molecule has 1 N–H and O–H groups in total. The van der Waals surface area contributed by atoms with Gasteiger partial charge in [0, 0.05) is 30.2 Å². The van der Waals surface area contributed by atoms with Gasteiger partial charge < -0.3 is 10.1 Å². The number of hydrogen-bond donors (Lipinski definition) is 1. The average molecular weight is 292 g/mol. The molecule has 3 nitrogen and oxygen atoms in total. The van der Waals surface area contributed by atoms with Crippen molar-refractivity contribution in [2.75, 3.05) is 20.7 Å². The molecule has 1 unspecified atom stereocenters. The highest BCUT2D eigenvalue weighted by atomic mass is 16.5. The minimum Gasteiger partial charge on any atom is -0.496 e. The zero-order chi connectivity index (χ0) is 16.0. The molecule has 0 aliphatic carbocycles. The summed E-state index contributed by atoms with van der Waals surface area (Å²) < 4.78 is 5.46. The Balaban J connectivity index is 2.75. The molecule has 1 aromatic rings. The van der Waals surface area contributed by atoms with Gasteiger partial charge in [-0.2, -0.15) is 0 Å². The Morgan fingerprint density at radius 1 is 1.19 bits per heavy atom. The number of para-hydroxylation sites is 1. The van der Waals surface area contributed by atoms with Crippen molar-refractivity contribution in [3.05, 3.63) is 29.8 Å². The summed E-state index contributed by atoms with van der Waals surface area (Å²) >= 11 is 0. The van der Waals surface area contributed by atoms with Gasteiger partial charge in [0.25, 0.3) is 0 Å². The van der Waals surface area contributed by atoms with E-state index in [0.717, 1.165) is 18.8 Å². The highest BCUT2D eigenvalue weighted by Crippen LogP contribution is 2.21. The topological polar surface area (TPSA) is 24.5 Å². The number of rotatable bonds is 7. The van der Waals surface area contributed by atoms with Crippen LogP contribution < -0.4 is 10.1 Å². The summed E-state index contributed by atoms with van der Waals surface area (Å²) in [4.78, 5) is 2.42. The van der Waals surface area contributed by atoms with Gasteiger partial charge in [0.1, 0.15) is 5.75 Å². The molecule has 120 valence electrons. The number of nitrogens with zero attached hydrogens (tertiary/aromatic N) is 1. The highest BCUT2D eigenvalue weighted by molar-refractivity contribution is 5.33. The van der Waals surface area contributed by atoms with Crippen molar-refractivity contribution in [3.8, 4) is 5.75 Å². The Kier molecular flexibility index (Phi) is 6.69. The molecule has 0 radical (unpaired) electrons. The van der Waals surface area contributed by atoms with Gasteiger partial charge in [-0.05, 0) is 39.8 Å². The van der Waals surface area contributed by atoms with Crippen molar-refractivity contribution in [3.63, 3.8) is 0 Å². The normalized spacial score (nSPS) is 13.8. The van der Waals surface area contributed by atoms with E-state index >= 15 is 0 Å². The van der Waals surface area contributed by atoms with Crippen molar-refractivity contribution in [2.24, 2.45) is 5.92 Å². The van der Waals surface area contributed by atoms with E-state index in [1.807, 2.05) is 12.1 Å². The molecule has 21 heavy (non-hydrogen) atoms. The van der Waals surface area contributed by atoms with E-state index in [-0.39, 0.29) is 5.54 Å². The molecule has 0 bridgehead atoms. The van der Waals surface area contributed by atoms with Gasteiger partial charge in [-0.15, -0.1) is 0 Å². The molecule has 0 spiro atoms. The summed E-state index contributed by atoms with van der Waals surface area (Å²) in [6.07, 6.45) is 0. The first kappa shape index (κ1) is 18.0. The number of ether oxygens (including phenoxy) is 1. The quantitative estimate of drug-likeness (QED) is 0.832. The molecule has 0 aliphatic heterocycles. The third kappa shape index (κ3) is 6.06. The van der Waals surface area contributed by atoms with Crippen molar-refractivity contribution in [1.29, 1.82) is 0 Å². The fraction of sp³-hybridized carbons (Fsp3) is 0.667. The zero-order valence-electron chi connectivity index (χ0n) is 14.7. The first-order chi connectivity index (χ1) is 9.74. The molecule has 1 atom stereocenters. The largest absolute Gasteiger partial charge is 0.496 e. The van der Waals surface area contributed by atoms with E-state index in [1.54, 1.807) is 7.11 Å². The highest BCUT2D eigenvalue weighted by Gasteiger charge is 2.21. The third-order valence-corrected chi connectivity index (χ3v) is 3.79. The summed E-state index contributed by atoms with van der Waals surface area (Å²) in [5.41, 5.74) is 1.39. The summed E-state index contributed by atoms with van der Waals surface area (Å²) in [5, 5.41) is 3.63. The average Bonchev–Trinajstić information content (AvgIpc) is 2.37. The van der Waals surface area contributed by atoms with Crippen molar-refractivity contribution in [1.82, 2.24) is 10.2 Å². The summed E-state index contributed by atoms with van der Waals surface area (Å²) in [6, 6.07) is 8.76. The predicted octanol–water partition coefficient (Wildman–Crippen LogP) is 3.54. The lowest BCUT2D eigenvalue weighted by Crippen LogP contribution is -2.48. The van der Waals surface area contributed by atoms with Gasteiger partial charge in [0.15, 0.2) is 0 Å². The molecule has 0 saturated carbocycles. The number of hydrogen-bond acceptors (Lipinski definition) is 3. The van der Waals surface area contributed by atoms with Crippen molar-refractivity contribution >= 4 is 0 Å². The molecular formula is C18H32N2O. The van der Waals surface area contributed by atoms with E-state index in [4.69, 9.17) is 4.74 Å². The van der Waals surface area contributed by atoms with Gasteiger partial charge in [0.05, 0.1) is 7.11 Å². The van der Waals surface area contributed by atoms with Crippen LogP contribution >= 0.6 is 0 Å². The van der Waals surface area contributed by atoms with Crippen molar-refractivity contribution < 1.29 is 4.74 Å². The Hall–Kier alpha value is -1.06. The van der Waals surface area contributed by atoms with E-state index in [9.17, 15) is 0 Å². The minimum absolute atomic E-state index is 0.151. The molecule has 0 aliphatic rings. The SMILES string of the molecule is COc1ccccc1CN(C)C(CNC(C)(C)C)C(C)C. The fourth-order valence-corrected chi connectivity index (χ4v) is 2.53. The number of methoxy groups -OCH3 is 1. The molecule has 0 saturated heterocycles. The number of nitrogens with one attached hydrogen (secondary N) is 1. The standard InChI is InChI=1S/C18H32N2O/c1-14(2)16(12-19-18(3,4)5)20(6)13-15-10-8-9-11-17(15)21-7/h8-11,14,16,19H,12-13H2,1-7H3. The molecule has 1 rings (SSSR count). The van der Waals surface area contributed by atoms with Crippen LogP contribution in [0.3, 0.4) is 0 Å². The second-order valence-corrected chi connectivity index (χ2v) is 7.17. The van der Waals surface area contributed by atoms with Gasteiger partial charge in [0.2, 0.25) is 0 Å². The smallest absolute Gasteiger partial charge is 0.123 e. The molecule has 0 fully saturated rings. The first-order valence-electron chi connectivity index (χ1n) is 7.81. The van der Waals surface area contributed by atoms with E-state index < -0.39 is 0 Å². The monoisotopic (exact) mass is 292 g/mol. The van der Waals surface area contributed by atoms with Gasteiger partial charge in [-0.3, -0.25) is 4.90 Å². The van der Waals surface area contributed by atoms with Crippen LogP contribution in [0.5, 0.6) is 5.75 Å². The number of benzene rings is 1. The zero-order valence-corrected chi connectivity index (χ0v) is 14.7. The van der Waals surface area contributed by atoms with Crippen LogP contribution in [0.2, 0.25) is 0 Å². The predicted molar refractivity (Wildman–Crippen MR) is 90.8 cm³/mol. The Morgan fingerprint density at radius 2 is 1.81 bits per heavy atom. The molecular weight excluding hydrogens is 260 g/mol. The summed E-state index contributed by atoms with van der Waals surface area (Å²) in [5.74, 6) is 1.56. The maximum atomic E-state index is 5.46. The Bertz CT molecular complexity index is 423. The van der Waals surface area contributed by atoms with Crippen LogP contribution in [0, 0.1) is 5.92 Å². The maximum absolute atomic E-state index is 5.46. The third-order valence-electron chi connectivity index (χ3n) is 3.79. The van der Waals surface area contributed by atoms with Crippen LogP contribution in [0.4, 0.5) is 0 Å². The molecule has 1 aromatic carbocycles. The Labute approximate surface area is 130 Å². The van der Waals surface area contributed by atoms with Crippen LogP contribution in [0.15, 0.2) is 24.3 Å². The van der Waals surface area contributed by atoms with Crippen LogP contribution in [-0.4, -0.2) is 37.2 Å². The van der Waals surface area contributed by atoms with E-state index in [0.29, 0.717) is 12.0 Å². The van der Waals surface area contributed by atoms with E-state index in [2.05, 4.69) is 64.0 Å². The molecule has 0 aromatic heterocycles. The summed E-state index contributed by atoms with van der Waals surface area (Å²) in [6.45, 7) is 13.1. The lowest BCUT2D eigenvalue weighted by molar-refractivity contribution is 0.168.